The number of rotatable bonds is 7. The van der Waals surface area contributed by atoms with Crippen molar-refractivity contribution in [1.82, 2.24) is 5.32 Å². The number of benzene rings is 2. The normalized spacial score (nSPS) is 13.2. The number of nitrogens with one attached hydrogen (secondary N) is 1. The van der Waals surface area contributed by atoms with E-state index in [1.54, 1.807) is 0 Å². The van der Waals surface area contributed by atoms with Crippen LogP contribution in [0, 0.1) is 17.5 Å². The van der Waals surface area contributed by atoms with Crippen LogP contribution < -0.4 is 5.32 Å². The molecule has 0 atom stereocenters. The van der Waals surface area contributed by atoms with E-state index < -0.39 is 41.4 Å². The molecule has 0 saturated heterocycles. The lowest BCUT2D eigenvalue weighted by Crippen LogP contribution is -2.28. The van der Waals surface area contributed by atoms with Crippen molar-refractivity contribution in [3.8, 4) is 0 Å². The first-order chi connectivity index (χ1) is 14.9. The molecule has 0 aromatic heterocycles. The molecule has 0 fully saturated rings. The quantitative estimate of drug-likeness (QED) is 0.676. The maximum Gasteiger partial charge on any atom is 0.377 e. The highest BCUT2D eigenvalue weighted by Crippen LogP contribution is 2.26. The summed E-state index contributed by atoms with van der Waals surface area (Å²) in [6, 6.07) is 10.2. The molecular formula is C22H18F3NO5. The van der Waals surface area contributed by atoms with E-state index in [4.69, 9.17) is 9.47 Å². The van der Waals surface area contributed by atoms with Crippen LogP contribution in [0.1, 0.15) is 17.5 Å². The molecule has 3 rings (SSSR count). The zero-order valence-corrected chi connectivity index (χ0v) is 16.4. The van der Waals surface area contributed by atoms with E-state index >= 15 is 0 Å². The average Bonchev–Trinajstić information content (AvgIpc) is 2.76. The molecule has 162 valence electrons. The second-order valence-electron chi connectivity index (χ2n) is 6.49. The molecule has 6 nitrogen and oxygen atoms in total. The molecule has 2 aromatic carbocycles. The molecule has 0 bridgehead atoms. The predicted octanol–water partition coefficient (Wildman–Crippen LogP) is 3.63. The summed E-state index contributed by atoms with van der Waals surface area (Å²) in [4.78, 5) is 24.4. The number of hydrogen-bond donors (Lipinski definition) is 1. The molecule has 2 aromatic rings. The second-order valence-corrected chi connectivity index (χ2v) is 6.49. The van der Waals surface area contributed by atoms with E-state index in [1.807, 2.05) is 30.3 Å². The zero-order chi connectivity index (χ0) is 22.4. The van der Waals surface area contributed by atoms with Gasteiger partial charge in [-0.3, -0.25) is 4.79 Å². The Morgan fingerprint density at radius 2 is 1.77 bits per heavy atom. The first-order valence-electron chi connectivity index (χ1n) is 9.14. The maximum absolute atomic E-state index is 13.8. The highest BCUT2D eigenvalue weighted by atomic mass is 19.1. The summed E-state index contributed by atoms with van der Waals surface area (Å²) in [5.74, 6) is -4.91. The van der Waals surface area contributed by atoms with Gasteiger partial charge in [-0.05, 0) is 5.56 Å². The molecule has 1 aliphatic heterocycles. The topological polar surface area (TPSA) is 73.9 Å². The SMILES string of the molecule is COC(=O)C1=C(OCc2ccccc2)CC(C(=O)NCc2c(F)cc(F)cc2F)=CO1. The monoisotopic (exact) mass is 433 g/mol. The minimum Gasteiger partial charge on any atom is -0.489 e. The van der Waals surface area contributed by atoms with Crippen molar-refractivity contribution in [2.45, 2.75) is 19.6 Å². The summed E-state index contributed by atoms with van der Waals surface area (Å²) in [6.45, 7) is -0.400. The Morgan fingerprint density at radius 3 is 2.42 bits per heavy atom. The van der Waals surface area contributed by atoms with Crippen LogP contribution in [-0.4, -0.2) is 19.0 Å². The van der Waals surface area contributed by atoms with Gasteiger partial charge in [-0.2, -0.15) is 0 Å². The Morgan fingerprint density at radius 1 is 1.10 bits per heavy atom. The lowest BCUT2D eigenvalue weighted by molar-refractivity contribution is -0.140. The highest BCUT2D eigenvalue weighted by Gasteiger charge is 2.27. The molecule has 31 heavy (non-hydrogen) atoms. The number of carbonyl (C=O) groups excluding carboxylic acids is 2. The molecule has 1 amide bonds. The van der Waals surface area contributed by atoms with Crippen LogP contribution in [0.5, 0.6) is 0 Å². The minimum absolute atomic E-state index is 0.0543. The van der Waals surface area contributed by atoms with E-state index in [1.165, 1.54) is 7.11 Å². The van der Waals surface area contributed by atoms with Crippen LogP contribution in [0.25, 0.3) is 0 Å². The summed E-state index contributed by atoms with van der Waals surface area (Å²) in [5, 5.41) is 2.34. The number of allylic oxidation sites excluding steroid dienone is 1. The van der Waals surface area contributed by atoms with Crippen LogP contribution in [0.4, 0.5) is 13.2 Å². The van der Waals surface area contributed by atoms with Gasteiger partial charge in [0.1, 0.15) is 30.3 Å². The summed E-state index contributed by atoms with van der Waals surface area (Å²) in [6.07, 6.45) is 0.922. The summed E-state index contributed by atoms with van der Waals surface area (Å²) >= 11 is 0. The third-order valence-electron chi connectivity index (χ3n) is 4.37. The van der Waals surface area contributed by atoms with Crippen LogP contribution >= 0.6 is 0 Å². The van der Waals surface area contributed by atoms with Gasteiger partial charge in [-0.1, -0.05) is 30.3 Å². The fourth-order valence-electron chi connectivity index (χ4n) is 2.76. The summed E-state index contributed by atoms with van der Waals surface area (Å²) < 4.78 is 56.1. The van der Waals surface area contributed by atoms with Crippen molar-refractivity contribution >= 4 is 11.9 Å². The van der Waals surface area contributed by atoms with Gasteiger partial charge in [-0.15, -0.1) is 0 Å². The van der Waals surface area contributed by atoms with Crippen molar-refractivity contribution in [3.05, 3.63) is 94.4 Å². The lowest BCUT2D eigenvalue weighted by atomic mass is 10.1. The van der Waals surface area contributed by atoms with Gasteiger partial charge in [0.05, 0.1) is 12.7 Å². The Kier molecular flexibility index (Phi) is 6.96. The largest absolute Gasteiger partial charge is 0.489 e. The number of esters is 1. The van der Waals surface area contributed by atoms with Crippen LogP contribution in [0.3, 0.4) is 0 Å². The van der Waals surface area contributed by atoms with Crippen molar-refractivity contribution in [2.75, 3.05) is 7.11 Å². The first kappa shape index (κ1) is 21.9. The first-order valence-corrected chi connectivity index (χ1v) is 9.14. The van der Waals surface area contributed by atoms with Gasteiger partial charge in [0, 0.05) is 30.7 Å². The molecule has 0 saturated carbocycles. The second kappa shape index (κ2) is 9.84. The molecule has 1 N–H and O–H groups in total. The molecule has 0 aliphatic carbocycles. The van der Waals surface area contributed by atoms with Gasteiger partial charge in [0.25, 0.3) is 5.91 Å². The van der Waals surface area contributed by atoms with E-state index in [-0.39, 0.29) is 30.1 Å². The van der Waals surface area contributed by atoms with Gasteiger partial charge in [0.2, 0.25) is 5.76 Å². The third-order valence-corrected chi connectivity index (χ3v) is 4.37. The highest BCUT2D eigenvalue weighted by molar-refractivity contribution is 5.95. The van der Waals surface area contributed by atoms with Crippen molar-refractivity contribution in [1.29, 1.82) is 0 Å². The molecule has 1 heterocycles. The van der Waals surface area contributed by atoms with E-state index in [2.05, 4.69) is 10.1 Å². The van der Waals surface area contributed by atoms with E-state index in [9.17, 15) is 22.8 Å². The van der Waals surface area contributed by atoms with Gasteiger partial charge < -0.3 is 19.5 Å². The van der Waals surface area contributed by atoms with Crippen molar-refractivity contribution in [3.63, 3.8) is 0 Å². The number of ether oxygens (including phenoxy) is 3. The standard InChI is InChI=1S/C22H18F3NO5/c1-29-22(28)20-19(30-11-13-5-3-2-4-6-13)7-14(12-31-20)21(27)26-10-16-17(24)8-15(23)9-18(16)25/h2-6,8-9,12H,7,10-11H2,1H3,(H,26,27). The summed E-state index contributed by atoms with van der Waals surface area (Å²) in [5.41, 5.74) is 0.388. The molecular weight excluding hydrogens is 415 g/mol. The Hall–Kier alpha value is -3.75. The smallest absolute Gasteiger partial charge is 0.377 e. The van der Waals surface area contributed by atoms with Crippen LogP contribution in [0.15, 0.2) is 65.8 Å². The van der Waals surface area contributed by atoms with E-state index in [0.717, 1.165) is 11.8 Å². The Labute approximate surface area is 175 Å². The fraction of sp³-hybridized carbons (Fsp3) is 0.182. The zero-order valence-electron chi connectivity index (χ0n) is 16.4. The molecule has 0 radical (unpaired) electrons. The predicted molar refractivity (Wildman–Crippen MR) is 102 cm³/mol. The van der Waals surface area contributed by atoms with Crippen molar-refractivity contribution < 1.29 is 37.0 Å². The summed E-state index contributed by atoms with van der Waals surface area (Å²) in [7, 11) is 1.17. The van der Waals surface area contributed by atoms with Crippen LogP contribution in [-0.2, 0) is 37.0 Å². The third kappa shape index (κ3) is 5.44. The number of carbonyl (C=O) groups is 2. The van der Waals surface area contributed by atoms with Crippen molar-refractivity contribution in [2.24, 2.45) is 0 Å². The number of halogens is 3. The molecule has 0 unspecified atom stereocenters. The molecule has 1 aliphatic rings. The Balaban J connectivity index is 1.69. The minimum atomic E-state index is -1.12. The average molecular weight is 433 g/mol. The van der Waals surface area contributed by atoms with Gasteiger partial charge >= 0.3 is 5.97 Å². The fourth-order valence-corrected chi connectivity index (χ4v) is 2.76. The Bertz CT molecular complexity index is 1030. The number of amides is 1. The molecule has 9 heteroatoms. The van der Waals surface area contributed by atoms with Gasteiger partial charge in [0.15, 0.2) is 5.76 Å². The number of hydrogen-bond acceptors (Lipinski definition) is 5. The molecule has 0 spiro atoms. The lowest BCUT2D eigenvalue weighted by Gasteiger charge is -2.20. The van der Waals surface area contributed by atoms with E-state index in [0.29, 0.717) is 12.1 Å². The maximum atomic E-state index is 13.8. The van der Waals surface area contributed by atoms with Crippen LogP contribution in [0.2, 0.25) is 0 Å². The number of methoxy groups -OCH3 is 1. The van der Waals surface area contributed by atoms with Gasteiger partial charge in [-0.25, -0.2) is 18.0 Å².